The zero-order valence-corrected chi connectivity index (χ0v) is 27.9. The van der Waals surface area contributed by atoms with E-state index in [1.807, 2.05) is 0 Å². The normalized spacial score (nSPS) is 10.8. The minimum absolute atomic E-state index is 0.130. The third kappa shape index (κ3) is 6.11. The Morgan fingerprint density at radius 1 is 0.481 bits per heavy atom. The topological polar surface area (TPSA) is 158 Å². The van der Waals surface area contributed by atoms with Gasteiger partial charge in [-0.05, 0) is 38.1 Å². The van der Waals surface area contributed by atoms with Crippen molar-refractivity contribution in [3.05, 3.63) is 174 Å². The number of ether oxygens (including phenoxy) is 2. The van der Waals surface area contributed by atoms with Crippen LogP contribution in [0.2, 0.25) is 0 Å². The van der Waals surface area contributed by atoms with E-state index in [4.69, 9.17) is 9.47 Å². The fourth-order valence-electron chi connectivity index (χ4n) is 5.79. The second-order valence-electron chi connectivity index (χ2n) is 11.1. The van der Waals surface area contributed by atoms with Crippen LogP contribution in [0.5, 0.6) is 0 Å². The number of para-hydroxylation sites is 2. The van der Waals surface area contributed by atoms with Crippen molar-refractivity contribution in [2.24, 2.45) is 0 Å². The molecule has 52 heavy (non-hydrogen) atoms. The van der Waals surface area contributed by atoms with Gasteiger partial charge in [-0.15, -0.1) is 0 Å². The lowest BCUT2D eigenvalue weighted by Gasteiger charge is -2.25. The summed E-state index contributed by atoms with van der Waals surface area (Å²) in [6.07, 6.45) is 0. The molecule has 2 aromatic heterocycles. The number of esters is 2. The van der Waals surface area contributed by atoms with Crippen LogP contribution in [0.3, 0.4) is 0 Å². The highest BCUT2D eigenvalue weighted by Gasteiger charge is 2.34. The Hall–Kier alpha value is -7.15. The molecule has 0 saturated carbocycles. The highest BCUT2D eigenvalue weighted by Crippen LogP contribution is 2.28. The molecule has 4 aromatic carbocycles. The SMILES string of the molecule is CCOC(=O)c1c(-c2ccccc2)n(-c2ccccc2)n(C(=O)n2c(=O)c(=O)c(C(=O)OCC)c(-c3ccccc3)n2-c2ccccc2)c(=O)c1=O. The number of nitrogens with zero attached hydrogens (tertiary/aromatic N) is 4. The van der Waals surface area contributed by atoms with E-state index in [1.165, 1.54) is 38.1 Å². The summed E-state index contributed by atoms with van der Waals surface area (Å²) in [7, 11) is 0. The number of hydrogen-bond acceptors (Lipinski definition) is 9. The summed E-state index contributed by atoms with van der Waals surface area (Å²) in [5.41, 5.74) is -6.80. The molecule has 0 aliphatic heterocycles. The molecule has 0 amide bonds. The Morgan fingerprint density at radius 2 is 0.788 bits per heavy atom. The number of carbonyl (C=O) groups is 3. The second-order valence-corrected chi connectivity index (χ2v) is 11.1. The van der Waals surface area contributed by atoms with Crippen LogP contribution < -0.4 is 22.0 Å². The van der Waals surface area contributed by atoms with Crippen LogP contribution in [0, 0.1) is 0 Å². The van der Waals surface area contributed by atoms with E-state index in [-0.39, 0.29) is 47.1 Å². The number of carbonyl (C=O) groups excluding carboxylic acids is 3. The molecule has 0 atom stereocenters. The lowest BCUT2D eigenvalue weighted by molar-refractivity contribution is 0.0515. The van der Waals surface area contributed by atoms with Gasteiger partial charge in [0, 0.05) is 11.1 Å². The van der Waals surface area contributed by atoms with Crippen LogP contribution >= 0.6 is 0 Å². The Morgan fingerprint density at radius 3 is 1.10 bits per heavy atom. The Bertz CT molecular complexity index is 2380. The maximum Gasteiger partial charge on any atom is 0.373 e. The zero-order chi connectivity index (χ0) is 36.9. The number of rotatable bonds is 8. The summed E-state index contributed by atoms with van der Waals surface area (Å²) < 4.78 is 13.2. The van der Waals surface area contributed by atoms with Gasteiger partial charge in [-0.1, -0.05) is 97.1 Å². The van der Waals surface area contributed by atoms with E-state index >= 15 is 4.79 Å². The summed E-state index contributed by atoms with van der Waals surface area (Å²) in [5.74, 6) is -2.23. The fourth-order valence-corrected chi connectivity index (χ4v) is 5.79. The van der Waals surface area contributed by atoms with Gasteiger partial charge in [0.15, 0.2) is 0 Å². The first-order valence-corrected chi connectivity index (χ1v) is 16.2. The molecular formula is C39H30N4O9. The summed E-state index contributed by atoms with van der Waals surface area (Å²) in [5, 5.41) is 0. The third-order valence-electron chi connectivity index (χ3n) is 7.94. The van der Waals surface area contributed by atoms with E-state index < -0.39 is 51.1 Å². The first-order valence-electron chi connectivity index (χ1n) is 16.2. The average molecular weight is 699 g/mol. The van der Waals surface area contributed by atoms with Crippen LogP contribution in [0.1, 0.15) is 34.6 Å². The average Bonchev–Trinajstić information content (AvgIpc) is 3.17. The summed E-state index contributed by atoms with van der Waals surface area (Å²) >= 11 is 0. The van der Waals surface area contributed by atoms with E-state index in [9.17, 15) is 28.8 Å². The number of aromatic nitrogens is 4. The van der Waals surface area contributed by atoms with Crippen molar-refractivity contribution in [3.63, 3.8) is 0 Å². The van der Waals surface area contributed by atoms with Gasteiger partial charge in [-0.3, -0.25) is 19.2 Å². The second kappa shape index (κ2) is 14.8. The molecule has 13 nitrogen and oxygen atoms in total. The van der Waals surface area contributed by atoms with Gasteiger partial charge in [0.2, 0.25) is 0 Å². The van der Waals surface area contributed by atoms with Crippen LogP contribution in [0.15, 0.2) is 141 Å². The van der Waals surface area contributed by atoms with Crippen LogP contribution in [-0.4, -0.2) is 49.9 Å². The minimum Gasteiger partial charge on any atom is -0.462 e. The molecule has 2 heterocycles. The van der Waals surface area contributed by atoms with Crippen molar-refractivity contribution in [3.8, 4) is 33.9 Å². The molecule has 0 saturated heterocycles. The quantitative estimate of drug-likeness (QED) is 0.165. The first kappa shape index (κ1) is 34.7. The van der Waals surface area contributed by atoms with Crippen LogP contribution in [-0.2, 0) is 9.47 Å². The molecule has 0 N–H and O–H groups in total. The molecule has 13 heteroatoms. The maximum absolute atomic E-state index is 15.1. The highest BCUT2D eigenvalue weighted by molar-refractivity contribution is 5.98. The van der Waals surface area contributed by atoms with E-state index in [1.54, 1.807) is 97.1 Å². The summed E-state index contributed by atoms with van der Waals surface area (Å²) in [6.45, 7) is 2.79. The fraction of sp³-hybridized carbons (Fsp3) is 0.103. The molecule has 6 aromatic rings. The lowest BCUT2D eigenvalue weighted by Crippen LogP contribution is -2.54. The summed E-state index contributed by atoms with van der Waals surface area (Å²) in [4.78, 5) is 98.6. The molecule has 0 aliphatic rings. The van der Waals surface area contributed by atoms with Gasteiger partial charge < -0.3 is 9.47 Å². The first-order chi connectivity index (χ1) is 25.2. The van der Waals surface area contributed by atoms with E-state index in [0.29, 0.717) is 9.36 Å². The van der Waals surface area contributed by atoms with Gasteiger partial charge >= 0.3 is 29.1 Å². The van der Waals surface area contributed by atoms with Crippen molar-refractivity contribution >= 4 is 18.0 Å². The third-order valence-corrected chi connectivity index (χ3v) is 7.94. The highest BCUT2D eigenvalue weighted by atomic mass is 16.5. The Balaban J connectivity index is 1.85. The van der Waals surface area contributed by atoms with Crippen molar-refractivity contribution in [2.45, 2.75) is 13.8 Å². The Labute approximate surface area is 294 Å². The Kier molecular flexibility index (Phi) is 9.85. The predicted molar refractivity (Wildman–Crippen MR) is 192 cm³/mol. The largest absolute Gasteiger partial charge is 0.462 e. The maximum atomic E-state index is 15.1. The molecule has 0 spiro atoms. The van der Waals surface area contributed by atoms with E-state index in [2.05, 4.69) is 0 Å². The molecule has 0 radical (unpaired) electrons. The van der Waals surface area contributed by atoms with Gasteiger partial charge in [0.1, 0.15) is 11.1 Å². The smallest absolute Gasteiger partial charge is 0.373 e. The zero-order valence-electron chi connectivity index (χ0n) is 27.9. The molecule has 6 rings (SSSR count). The summed E-state index contributed by atoms with van der Waals surface area (Å²) in [6, 6.07) is 30.4. The molecular weight excluding hydrogens is 668 g/mol. The van der Waals surface area contributed by atoms with Crippen molar-refractivity contribution in [1.29, 1.82) is 0 Å². The molecule has 0 bridgehead atoms. The van der Waals surface area contributed by atoms with Crippen molar-refractivity contribution in [2.75, 3.05) is 13.2 Å². The van der Waals surface area contributed by atoms with Gasteiger partial charge in [-0.2, -0.15) is 9.36 Å². The minimum atomic E-state index is -1.52. The molecule has 0 unspecified atom stereocenters. The monoisotopic (exact) mass is 698 g/mol. The number of hydrogen-bond donors (Lipinski definition) is 0. The van der Waals surface area contributed by atoms with Gasteiger partial charge in [-0.25, -0.2) is 23.7 Å². The molecule has 0 aliphatic carbocycles. The number of benzene rings is 4. The van der Waals surface area contributed by atoms with Crippen molar-refractivity contribution < 1.29 is 23.9 Å². The van der Waals surface area contributed by atoms with Gasteiger partial charge in [0.25, 0.3) is 10.9 Å². The van der Waals surface area contributed by atoms with Crippen LogP contribution in [0.25, 0.3) is 33.9 Å². The van der Waals surface area contributed by atoms with Crippen LogP contribution in [0.4, 0.5) is 4.79 Å². The van der Waals surface area contributed by atoms with Crippen molar-refractivity contribution in [1.82, 2.24) is 18.7 Å². The molecule has 0 fully saturated rings. The lowest BCUT2D eigenvalue weighted by atomic mass is 10.0. The van der Waals surface area contributed by atoms with Gasteiger partial charge in [0.05, 0.1) is 36.0 Å². The standard InChI is InChI=1S/C39H30N4O9/c1-3-51-37(48)29-31(25-17-9-5-10-18-25)40(27-21-13-7-14-22-27)42(35(46)33(29)44)39(50)43-36(47)34(45)30(38(49)52-4-2)32(26-19-11-6-12-20-26)41(43)28-23-15-8-16-24-28/h5-24H,3-4H2,1-2H3. The predicted octanol–water partition coefficient (Wildman–Crippen LogP) is 4.52. The molecule has 260 valence electrons. The van der Waals surface area contributed by atoms with E-state index in [0.717, 1.165) is 9.36 Å².